The number of carbonyl (C=O) groups excluding carboxylic acids is 3. The minimum absolute atomic E-state index is 0.00847. The number of aliphatic carboxylic acids is 1. The Morgan fingerprint density at radius 2 is 1.37 bits per heavy atom. The number of H-pyrrole nitrogens is 1. The van der Waals surface area contributed by atoms with Crippen LogP contribution in [0.2, 0.25) is 0 Å². The minimum Gasteiger partial charge on any atom is -0.480 e. The van der Waals surface area contributed by atoms with Crippen molar-refractivity contribution in [3.63, 3.8) is 0 Å². The van der Waals surface area contributed by atoms with Crippen molar-refractivity contribution in [2.75, 3.05) is 13.2 Å². The normalized spacial score (nSPS) is 14.2. The van der Waals surface area contributed by atoms with E-state index in [2.05, 4.69) is 20.9 Å². The number of hydrogen-bond donors (Lipinski definition) is 8. The van der Waals surface area contributed by atoms with E-state index in [-0.39, 0.29) is 12.8 Å². The van der Waals surface area contributed by atoms with E-state index in [1.165, 1.54) is 0 Å². The second-order valence-electron chi connectivity index (χ2n) is 8.75. The van der Waals surface area contributed by atoms with Gasteiger partial charge in [0.25, 0.3) is 0 Å². The fraction of sp³-hybridized carbons (Fsp3) is 0.308. The van der Waals surface area contributed by atoms with Crippen LogP contribution < -0.4 is 21.7 Å². The van der Waals surface area contributed by atoms with Gasteiger partial charge in [-0.3, -0.25) is 14.4 Å². The average Bonchev–Trinajstić information content (AvgIpc) is 3.33. The summed E-state index contributed by atoms with van der Waals surface area (Å²) in [6, 6.07) is 10.8. The highest BCUT2D eigenvalue weighted by Gasteiger charge is 2.30. The van der Waals surface area contributed by atoms with E-state index in [1.807, 2.05) is 24.3 Å². The maximum absolute atomic E-state index is 13.3. The zero-order valence-corrected chi connectivity index (χ0v) is 20.5. The molecule has 4 atom stereocenters. The topological polar surface area (TPSA) is 207 Å². The van der Waals surface area contributed by atoms with Crippen LogP contribution in [-0.2, 0) is 32.0 Å². The van der Waals surface area contributed by atoms with Crippen molar-refractivity contribution in [2.45, 2.75) is 37.0 Å². The summed E-state index contributed by atoms with van der Waals surface area (Å²) in [4.78, 5) is 53.2. The molecule has 0 saturated heterocycles. The van der Waals surface area contributed by atoms with Gasteiger partial charge in [0.2, 0.25) is 17.7 Å². The van der Waals surface area contributed by atoms with E-state index in [9.17, 15) is 29.4 Å². The first-order chi connectivity index (χ1) is 18.2. The summed E-state index contributed by atoms with van der Waals surface area (Å²) >= 11 is 0. The predicted molar refractivity (Wildman–Crippen MR) is 138 cm³/mol. The molecule has 38 heavy (non-hydrogen) atoms. The molecule has 1 heterocycles. The monoisotopic (exact) mass is 525 g/mol. The van der Waals surface area contributed by atoms with Crippen molar-refractivity contribution in [1.82, 2.24) is 20.9 Å². The third-order valence-corrected chi connectivity index (χ3v) is 5.98. The van der Waals surface area contributed by atoms with Gasteiger partial charge in [-0.15, -0.1) is 0 Å². The predicted octanol–water partition coefficient (Wildman–Crippen LogP) is -1.20. The van der Waals surface area contributed by atoms with Gasteiger partial charge in [0, 0.05) is 29.9 Å². The number of aromatic amines is 1. The van der Waals surface area contributed by atoms with Crippen molar-refractivity contribution in [3.05, 3.63) is 71.9 Å². The molecule has 0 aliphatic carbocycles. The van der Waals surface area contributed by atoms with Gasteiger partial charge in [-0.1, -0.05) is 48.5 Å². The van der Waals surface area contributed by atoms with Crippen molar-refractivity contribution in [2.24, 2.45) is 5.73 Å². The Hall–Kier alpha value is -4.26. The molecule has 2 aromatic carbocycles. The molecule has 0 fully saturated rings. The lowest BCUT2D eigenvalue weighted by Crippen LogP contribution is -2.59. The number of fused-ring (bicyclic) bond motifs is 1. The second-order valence-corrected chi connectivity index (χ2v) is 8.75. The molecule has 1 aromatic heterocycles. The van der Waals surface area contributed by atoms with Crippen LogP contribution in [0.25, 0.3) is 10.9 Å². The summed E-state index contributed by atoms with van der Waals surface area (Å²) in [5.74, 6) is -3.77. The number of rotatable bonds is 13. The molecular weight excluding hydrogens is 494 g/mol. The molecule has 0 radical (unpaired) electrons. The van der Waals surface area contributed by atoms with Gasteiger partial charge < -0.3 is 42.0 Å². The first-order valence-electron chi connectivity index (χ1n) is 11.9. The van der Waals surface area contributed by atoms with Crippen LogP contribution in [0.5, 0.6) is 0 Å². The Balaban J connectivity index is 1.78. The molecule has 0 aliphatic heterocycles. The lowest BCUT2D eigenvalue weighted by atomic mass is 10.0. The van der Waals surface area contributed by atoms with E-state index in [0.29, 0.717) is 11.1 Å². The fourth-order valence-corrected chi connectivity index (χ4v) is 3.88. The Labute approximate surface area is 218 Å². The third kappa shape index (κ3) is 7.38. The van der Waals surface area contributed by atoms with Gasteiger partial charge >= 0.3 is 5.97 Å². The molecule has 12 heteroatoms. The zero-order chi connectivity index (χ0) is 27.7. The molecule has 3 amide bonds. The van der Waals surface area contributed by atoms with Crippen LogP contribution in [0.3, 0.4) is 0 Å². The summed E-state index contributed by atoms with van der Waals surface area (Å²) in [5.41, 5.74) is 7.65. The number of para-hydroxylation sites is 1. The van der Waals surface area contributed by atoms with Crippen LogP contribution in [0.4, 0.5) is 0 Å². The van der Waals surface area contributed by atoms with E-state index in [0.717, 1.165) is 10.9 Å². The van der Waals surface area contributed by atoms with Gasteiger partial charge in [0.05, 0.1) is 13.2 Å². The molecule has 0 saturated carbocycles. The maximum atomic E-state index is 13.3. The van der Waals surface area contributed by atoms with Crippen molar-refractivity contribution >= 4 is 34.6 Å². The highest BCUT2D eigenvalue weighted by atomic mass is 16.4. The standard InChI is InChI=1S/C26H31N5O7/c27-18(13-32)23(34)31-22(14-33)25(36)29-20(10-15-6-2-1-3-7-15)24(35)30-21(26(37)38)11-16-12-28-19-9-5-4-8-17(16)19/h1-9,12,18,20-22,28,32-33H,10-11,13-14,27H2,(H,29,36)(H,30,35)(H,31,34)(H,37,38). The van der Waals surface area contributed by atoms with Crippen LogP contribution in [-0.4, -0.2) is 81.4 Å². The second kappa shape index (κ2) is 13.3. The molecule has 0 aliphatic rings. The van der Waals surface area contributed by atoms with E-state index >= 15 is 0 Å². The van der Waals surface area contributed by atoms with Crippen molar-refractivity contribution in [1.29, 1.82) is 0 Å². The number of aliphatic hydroxyl groups is 2. The van der Waals surface area contributed by atoms with Crippen LogP contribution in [0.15, 0.2) is 60.8 Å². The number of amides is 3. The average molecular weight is 526 g/mol. The Bertz CT molecular complexity index is 1260. The van der Waals surface area contributed by atoms with Gasteiger partial charge in [0.1, 0.15) is 24.2 Å². The summed E-state index contributed by atoms with van der Waals surface area (Å²) in [6.45, 7) is -1.47. The zero-order valence-electron chi connectivity index (χ0n) is 20.5. The van der Waals surface area contributed by atoms with Gasteiger partial charge in [-0.05, 0) is 17.2 Å². The molecular formula is C26H31N5O7. The van der Waals surface area contributed by atoms with E-state index in [1.54, 1.807) is 36.5 Å². The van der Waals surface area contributed by atoms with Crippen LogP contribution in [0.1, 0.15) is 11.1 Å². The number of aliphatic hydroxyl groups excluding tert-OH is 2. The molecule has 0 bridgehead atoms. The molecule has 0 spiro atoms. The Morgan fingerprint density at radius 3 is 2.03 bits per heavy atom. The van der Waals surface area contributed by atoms with Crippen LogP contribution in [0, 0.1) is 0 Å². The fourth-order valence-electron chi connectivity index (χ4n) is 3.88. The van der Waals surface area contributed by atoms with Gasteiger partial charge in [-0.25, -0.2) is 4.79 Å². The maximum Gasteiger partial charge on any atom is 0.326 e. The molecule has 12 nitrogen and oxygen atoms in total. The molecule has 3 aromatic rings. The van der Waals surface area contributed by atoms with Crippen LogP contribution >= 0.6 is 0 Å². The molecule has 202 valence electrons. The molecule has 9 N–H and O–H groups in total. The number of benzene rings is 2. The first kappa shape index (κ1) is 28.3. The Kier molecular flexibility index (Phi) is 9.93. The van der Waals surface area contributed by atoms with Crippen molar-refractivity contribution < 1.29 is 34.5 Å². The first-order valence-corrected chi connectivity index (χ1v) is 11.9. The number of carboxylic acids is 1. The number of nitrogens with one attached hydrogen (secondary N) is 4. The minimum atomic E-state index is -1.45. The summed E-state index contributed by atoms with van der Waals surface area (Å²) in [7, 11) is 0. The summed E-state index contributed by atoms with van der Waals surface area (Å²) in [5, 5.41) is 36.5. The lowest BCUT2D eigenvalue weighted by Gasteiger charge is -2.24. The largest absolute Gasteiger partial charge is 0.480 e. The summed E-state index contributed by atoms with van der Waals surface area (Å²) in [6.07, 6.45) is 1.69. The van der Waals surface area contributed by atoms with Gasteiger partial charge in [-0.2, -0.15) is 0 Å². The number of nitrogens with two attached hydrogens (primary N) is 1. The SMILES string of the molecule is NC(CO)C(=O)NC(CO)C(=O)NC(Cc1ccccc1)C(=O)NC(Cc1c[nH]c2ccccc12)C(=O)O. The van der Waals surface area contributed by atoms with Crippen molar-refractivity contribution in [3.8, 4) is 0 Å². The van der Waals surface area contributed by atoms with E-state index < -0.39 is 61.1 Å². The number of carbonyl (C=O) groups is 4. The number of aromatic nitrogens is 1. The lowest BCUT2D eigenvalue weighted by molar-refractivity contribution is -0.142. The number of hydrogen-bond acceptors (Lipinski definition) is 7. The molecule has 3 rings (SSSR count). The summed E-state index contributed by atoms with van der Waals surface area (Å²) < 4.78 is 0. The van der Waals surface area contributed by atoms with Gasteiger partial charge in [0.15, 0.2) is 0 Å². The highest BCUT2D eigenvalue weighted by Crippen LogP contribution is 2.19. The Morgan fingerprint density at radius 1 is 0.763 bits per heavy atom. The smallest absolute Gasteiger partial charge is 0.326 e. The number of carboxylic acid groups (broad SMARTS) is 1. The molecule has 4 unspecified atom stereocenters. The highest BCUT2D eigenvalue weighted by molar-refractivity contribution is 5.94. The van der Waals surface area contributed by atoms with E-state index in [4.69, 9.17) is 10.8 Å². The third-order valence-electron chi connectivity index (χ3n) is 5.98. The quantitative estimate of drug-likeness (QED) is 0.136.